The van der Waals surface area contributed by atoms with E-state index in [-0.39, 0.29) is 17.7 Å². The minimum Gasteiger partial charge on any atom is -0.480 e. The van der Waals surface area contributed by atoms with Gasteiger partial charge >= 0.3 is 5.97 Å². The van der Waals surface area contributed by atoms with Gasteiger partial charge in [0.15, 0.2) is 0 Å². The van der Waals surface area contributed by atoms with Gasteiger partial charge in [-0.2, -0.15) is 0 Å². The van der Waals surface area contributed by atoms with Crippen LogP contribution in [0.5, 0.6) is 0 Å². The number of aromatic amines is 1. The van der Waals surface area contributed by atoms with Gasteiger partial charge in [0.25, 0.3) is 0 Å². The molecule has 2 aromatic rings. The van der Waals surface area contributed by atoms with Crippen LogP contribution >= 0.6 is 0 Å². The third kappa shape index (κ3) is 5.23. The molecule has 1 aromatic carbocycles. The molecular formula is C22H31N5O4. The number of benzene rings is 1. The van der Waals surface area contributed by atoms with Crippen molar-refractivity contribution in [2.24, 2.45) is 5.92 Å². The number of fused-ring (bicyclic) bond motifs is 1. The van der Waals surface area contributed by atoms with Crippen LogP contribution in [0, 0.1) is 5.92 Å². The Hall–Kier alpha value is -2.91. The molecule has 0 unspecified atom stereocenters. The maximum Gasteiger partial charge on any atom is 0.325 e. The molecule has 0 radical (unpaired) electrons. The number of hydrogen-bond donors (Lipinski definition) is 3. The molecule has 9 nitrogen and oxygen atoms in total. The summed E-state index contributed by atoms with van der Waals surface area (Å²) in [5.74, 6) is -1.06. The van der Waals surface area contributed by atoms with Crippen LogP contribution in [0.4, 0.5) is 5.69 Å². The van der Waals surface area contributed by atoms with E-state index in [1.165, 1.54) is 0 Å². The summed E-state index contributed by atoms with van der Waals surface area (Å²) < 4.78 is 0. The van der Waals surface area contributed by atoms with Gasteiger partial charge in [0, 0.05) is 74.5 Å². The Morgan fingerprint density at radius 1 is 1.16 bits per heavy atom. The molecule has 1 atom stereocenters. The minimum absolute atomic E-state index is 0.0419. The largest absolute Gasteiger partial charge is 0.480 e. The number of piperazine rings is 1. The molecule has 1 aliphatic rings. The van der Waals surface area contributed by atoms with Crippen LogP contribution in [0.3, 0.4) is 0 Å². The molecule has 168 valence electrons. The monoisotopic (exact) mass is 429 g/mol. The molecule has 0 aliphatic carbocycles. The van der Waals surface area contributed by atoms with Crippen LogP contribution in [0.15, 0.2) is 24.4 Å². The number of nitrogens with one attached hydrogen (secondary N) is 2. The van der Waals surface area contributed by atoms with E-state index < -0.39 is 12.0 Å². The Labute approximate surface area is 182 Å². The summed E-state index contributed by atoms with van der Waals surface area (Å²) in [5, 5.41) is 13.7. The van der Waals surface area contributed by atoms with Crippen LogP contribution in [-0.4, -0.2) is 89.4 Å². The number of aromatic nitrogens is 1. The molecule has 2 amide bonds. The highest BCUT2D eigenvalue weighted by atomic mass is 16.4. The molecule has 9 heteroatoms. The van der Waals surface area contributed by atoms with E-state index in [0.717, 1.165) is 10.9 Å². The van der Waals surface area contributed by atoms with E-state index in [1.807, 2.05) is 30.9 Å². The van der Waals surface area contributed by atoms with Gasteiger partial charge in [-0.1, -0.05) is 19.9 Å². The van der Waals surface area contributed by atoms with E-state index in [4.69, 9.17) is 0 Å². The SMILES string of the molecule is CC(C)C(=O)Nc1ccc2c([C@@H](C(=O)O)N3CCN(CC(=O)N(C)C)CC3)c[nH]c2c1. The van der Waals surface area contributed by atoms with Crippen molar-refractivity contribution in [1.29, 1.82) is 0 Å². The van der Waals surface area contributed by atoms with Gasteiger partial charge < -0.3 is 20.3 Å². The van der Waals surface area contributed by atoms with E-state index in [0.29, 0.717) is 44.0 Å². The van der Waals surface area contributed by atoms with Gasteiger partial charge in [-0.05, 0) is 12.1 Å². The van der Waals surface area contributed by atoms with Crippen molar-refractivity contribution in [3.8, 4) is 0 Å². The summed E-state index contributed by atoms with van der Waals surface area (Å²) >= 11 is 0. The van der Waals surface area contributed by atoms with E-state index in [2.05, 4.69) is 15.2 Å². The second-order valence-corrected chi connectivity index (χ2v) is 8.49. The molecule has 1 aliphatic heterocycles. The van der Waals surface area contributed by atoms with E-state index in [9.17, 15) is 19.5 Å². The third-order valence-corrected chi connectivity index (χ3v) is 5.66. The second kappa shape index (κ2) is 9.49. The number of carboxylic acids is 1. The molecule has 1 fully saturated rings. The topological polar surface area (TPSA) is 109 Å². The van der Waals surface area contributed by atoms with Crippen LogP contribution in [0.2, 0.25) is 0 Å². The quantitative estimate of drug-likeness (QED) is 0.617. The number of carboxylic acid groups (broad SMARTS) is 1. The fourth-order valence-corrected chi connectivity index (χ4v) is 3.74. The van der Waals surface area contributed by atoms with Gasteiger partial charge in [-0.25, -0.2) is 0 Å². The van der Waals surface area contributed by atoms with Crippen molar-refractivity contribution in [3.05, 3.63) is 30.0 Å². The number of rotatable bonds is 7. The predicted molar refractivity (Wildman–Crippen MR) is 119 cm³/mol. The maximum atomic E-state index is 12.2. The minimum atomic E-state index is -0.907. The van der Waals surface area contributed by atoms with Crippen molar-refractivity contribution in [2.75, 3.05) is 52.1 Å². The van der Waals surface area contributed by atoms with Crippen molar-refractivity contribution < 1.29 is 19.5 Å². The Bertz CT molecular complexity index is 960. The van der Waals surface area contributed by atoms with Gasteiger partial charge in [0.05, 0.1) is 6.54 Å². The smallest absolute Gasteiger partial charge is 0.325 e. The van der Waals surface area contributed by atoms with Crippen molar-refractivity contribution in [2.45, 2.75) is 19.9 Å². The van der Waals surface area contributed by atoms with Crippen LogP contribution < -0.4 is 5.32 Å². The fraction of sp³-hybridized carbons (Fsp3) is 0.500. The number of hydrogen-bond acceptors (Lipinski definition) is 5. The Balaban J connectivity index is 1.75. The molecule has 0 spiro atoms. The number of aliphatic carboxylic acids is 1. The Kier molecular flexibility index (Phi) is 6.97. The Morgan fingerprint density at radius 2 is 1.84 bits per heavy atom. The lowest BCUT2D eigenvalue weighted by atomic mass is 10.0. The highest BCUT2D eigenvalue weighted by molar-refractivity contribution is 5.96. The molecule has 2 heterocycles. The molecule has 1 saturated heterocycles. The summed E-state index contributed by atoms with van der Waals surface area (Å²) in [6, 6.07) is 4.68. The summed E-state index contributed by atoms with van der Waals surface area (Å²) in [5.41, 5.74) is 2.14. The van der Waals surface area contributed by atoms with E-state index >= 15 is 0 Å². The average molecular weight is 430 g/mol. The first-order valence-corrected chi connectivity index (χ1v) is 10.5. The van der Waals surface area contributed by atoms with Gasteiger partial charge in [0.2, 0.25) is 11.8 Å². The zero-order chi connectivity index (χ0) is 22.7. The first kappa shape index (κ1) is 22.8. The highest BCUT2D eigenvalue weighted by Crippen LogP contribution is 2.31. The maximum absolute atomic E-state index is 12.2. The Morgan fingerprint density at radius 3 is 2.42 bits per heavy atom. The number of nitrogens with zero attached hydrogens (tertiary/aromatic N) is 3. The lowest BCUT2D eigenvalue weighted by Crippen LogP contribution is -2.51. The van der Waals surface area contributed by atoms with Crippen LogP contribution in [0.25, 0.3) is 10.9 Å². The van der Waals surface area contributed by atoms with Gasteiger partial charge in [-0.3, -0.25) is 24.2 Å². The van der Waals surface area contributed by atoms with Crippen LogP contribution in [0.1, 0.15) is 25.5 Å². The predicted octanol–water partition coefficient (Wildman–Crippen LogP) is 1.59. The van der Waals surface area contributed by atoms with Crippen molar-refractivity contribution in [1.82, 2.24) is 19.7 Å². The summed E-state index contributed by atoms with van der Waals surface area (Å²) in [7, 11) is 3.46. The standard InChI is InChI=1S/C22H31N5O4/c1-14(2)21(29)24-15-5-6-16-17(12-23-18(16)11-15)20(22(30)31)27-9-7-26(8-10-27)13-19(28)25(3)4/h5-6,11-12,14,20,23H,7-10,13H2,1-4H3,(H,24,29)(H,30,31)/t20-/m0/s1. The molecule has 0 bridgehead atoms. The summed E-state index contributed by atoms with van der Waals surface area (Å²) in [4.78, 5) is 44.8. The lowest BCUT2D eigenvalue weighted by Gasteiger charge is -2.37. The van der Waals surface area contributed by atoms with E-state index in [1.54, 1.807) is 31.3 Å². The molecular weight excluding hydrogens is 398 g/mol. The highest BCUT2D eigenvalue weighted by Gasteiger charge is 2.32. The molecule has 3 rings (SSSR count). The third-order valence-electron chi connectivity index (χ3n) is 5.66. The first-order valence-electron chi connectivity index (χ1n) is 10.5. The average Bonchev–Trinajstić information content (AvgIpc) is 3.11. The molecule has 1 aromatic heterocycles. The molecule has 0 saturated carbocycles. The zero-order valence-corrected chi connectivity index (χ0v) is 18.5. The second-order valence-electron chi connectivity index (χ2n) is 8.49. The number of carbonyl (C=O) groups is 3. The molecule has 3 N–H and O–H groups in total. The first-order chi connectivity index (χ1) is 14.7. The van der Waals surface area contributed by atoms with Gasteiger partial charge in [-0.15, -0.1) is 0 Å². The van der Waals surface area contributed by atoms with Crippen molar-refractivity contribution in [3.63, 3.8) is 0 Å². The number of likely N-dealkylation sites (N-methyl/N-ethyl adjacent to an activating group) is 1. The number of amides is 2. The van der Waals surface area contributed by atoms with Crippen LogP contribution in [-0.2, 0) is 14.4 Å². The number of carbonyl (C=O) groups excluding carboxylic acids is 2. The number of anilines is 1. The molecule has 31 heavy (non-hydrogen) atoms. The number of H-pyrrole nitrogens is 1. The lowest BCUT2D eigenvalue weighted by molar-refractivity contribution is -0.145. The summed E-state index contributed by atoms with van der Waals surface area (Å²) in [6.07, 6.45) is 1.74. The zero-order valence-electron chi connectivity index (χ0n) is 18.5. The summed E-state index contributed by atoms with van der Waals surface area (Å²) in [6.45, 7) is 6.40. The van der Waals surface area contributed by atoms with Gasteiger partial charge in [0.1, 0.15) is 6.04 Å². The van der Waals surface area contributed by atoms with Crippen molar-refractivity contribution >= 4 is 34.4 Å². The fourth-order valence-electron chi connectivity index (χ4n) is 3.74. The normalized spacial score (nSPS) is 16.4.